The van der Waals surface area contributed by atoms with Crippen LogP contribution in [0.25, 0.3) is 0 Å². The Labute approximate surface area is 107 Å². The molecule has 18 heavy (non-hydrogen) atoms. The van der Waals surface area contributed by atoms with Gasteiger partial charge in [0, 0.05) is 13.0 Å². The van der Waals surface area contributed by atoms with E-state index in [2.05, 4.69) is 10.0 Å². The van der Waals surface area contributed by atoms with E-state index in [9.17, 15) is 9.70 Å². The number of hydrogen-bond acceptors (Lipinski definition) is 4. The molecule has 0 bridgehead atoms. The first-order valence-electron chi connectivity index (χ1n) is 6.00. The van der Waals surface area contributed by atoms with Crippen LogP contribution >= 0.6 is 0 Å². The number of hydrogen-bond donors (Lipinski definition) is 0. The molecule has 0 heterocycles. The fourth-order valence-corrected chi connectivity index (χ4v) is 1.63. The Morgan fingerprint density at radius 3 is 2.56 bits per heavy atom. The third-order valence-corrected chi connectivity index (χ3v) is 2.63. The number of nitroso groups, excluding NO2 is 1. The van der Waals surface area contributed by atoms with Crippen LogP contribution in [-0.2, 0) is 9.53 Å². The smallest absolute Gasteiger partial charge is 0.305 e. The fourth-order valence-electron chi connectivity index (χ4n) is 1.63. The van der Waals surface area contributed by atoms with Crippen molar-refractivity contribution in [3.8, 4) is 0 Å². The van der Waals surface area contributed by atoms with Crippen molar-refractivity contribution >= 4 is 11.7 Å². The molecule has 0 spiro atoms. The van der Waals surface area contributed by atoms with Gasteiger partial charge in [0.15, 0.2) is 0 Å². The highest BCUT2D eigenvalue weighted by Crippen LogP contribution is 2.14. The first-order chi connectivity index (χ1) is 8.77. The van der Waals surface area contributed by atoms with Crippen LogP contribution in [0.4, 0.5) is 5.69 Å². The first-order valence-corrected chi connectivity index (χ1v) is 6.00. The third-order valence-electron chi connectivity index (χ3n) is 2.63. The minimum atomic E-state index is -0.191. The van der Waals surface area contributed by atoms with Crippen LogP contribution in [0.2, 0.25) is 0 Å². The van der Waals surface area contributed by atoms with E-state index in [1.54, 1.807) is 0 Å². The monoisotopic (exact) mass is 250 g/mol. The van der Waals surface area contributed by atoms with Gasteiger partial charge in [0.05, 0.1) is 18.1 Å². The number of carbonyl (C=O) groups is 1. The van der Waals surface area contributed by atoms with E-state index in [4.69, 9.17) is 0 Å². The summed E-state index contributed by atoms with van der Waals surface area (Å²) < 4.78 is 4.55. The molecule has 0 amide bonds. The lowest BCUT2D eigenvalue weighted by atomic mass is 10.2. The van der Waals surface area contributed by atoms with Gasteiger partial charge in [-0.05, 0) is 25.0 Å². The van der Waals surface area contributed by atoms with Crippen LogP contribution < -0.4 is 5.01 Å². The molecule has 1 rings (SSSR count). The average molecular weight is 250 g/mol. The number of nitrogens with zero attached hydrogens (tertiary/aromatic N) is 2. The summed E-state index contributed by atoms with van der Waals surface area (Å²) >= 11 is 0. The van der Waals surface area contributed by atoms with Gasteiger partial charge in [-0.2, -0.15) is 0 Å². The first kappa shape index (κ1) is 14.2. The fraction of sp³-hybridized carbons (Fsp3) is 0.462. The molecule has 0 aliphatic rings. The predicted octanol–water partition coefficient (Wildman–Crippen LogP) is 2.91. The van der Waals surface area contributed by atoms with Gasteiger partial charge >= 0.3 is 5.97 Å². The molecule has 5 nitrogen and oxygen atoms in total. The number of unbranched alkanes of at least 4 members (excludes halogenated alkanes) is 2. The molecule has 0 aliphatic carbocycles. The zero-order valence-electron chi connectivity index (χ0n) is 10.5. The number of carbonyl (C=O) groups excluding carboxylic acids is 1. The number of esters is 1. The Bertz CT molecular complexity index is 368. The number of methoxy groups -OCH3 is 1. The highest BCUT2D eigenvalue weighted by molar-refractivity contribution is 5.68. The lowest BCUT2D eigenvalue weighted by molar-refractivity contribution is -0.140. The van der Waals surface area contributed by atoms with Crippen molar-refractivity contribution in [1.82, 2.24) is 0 Å². The van der Waals surface area contributed by atoms with Crippen LogP contribution in [0, 0.1) is 4.91 Å². The van der Waals surface area contributed by atoms with Gasteiger partial charge in [0.1, 0.15) is 0 Å². The Kier molecular flexibility index (Phi) is 6.46. The van der Waals surface area contributed by atoms with Crippen molar-refractivity contribution in [2.45, 2.75) is 25.7 Å². The van der Waals surface area contributed by atoms with Crippen LogP contribution in [0.1, 0.15) is 25.7 Å². The number of rotatable bonds is 8. The van der Waals surface area contributed by atoms with Crippen molar-refractivity contribution < 1.29 is 9.53 Å². The molecule has 1 aromatic carbocycles. The number of benzene rings is 1. The molecule has 0 saturated carbocycles. The lowest BCUT2D eigenvalue weighted by Gasteiger charge is -2.14. The maximum Gasteiger partial charge on any atom is 0.305 e. The van der Waals surface area contributed by atoms with E-state index in [1.807, 2.05) is 30.3 Å². The van der Waals surface area contributed by atoms with Crippen LogP contribution in [-0.4, -0.2) is 19.6 Å². The molecule has 98 valence electrons. The molecule has 0 radical (unpaired) electrons. The van der Waals surface area contributed by atoms with E-state index < -0.39 is 0 Å². The Hall–Kier alpha value is -1.91. The molecule has 0 aliphatic heterocycles. The summed E-state index contributed by atoms with van der Waals surface area (Å²) in [5.41, 5.74) is 0.792. The zero-order chi connectivity index (χ0) is 13.2. The molecule has 0 unspecified atom stereocenters. The quantitative estimate of drug-likeness (QED) is 0.308. The summed E-state index contributed by atoms with van der Waals surface area (Å²) in [6.07, 6.45) is 2.89. The molecule has 0 atom stereocenters. The van der Waals surface area contributed by atoms with Gasteiger partial charge in [-0.25, -0.2) is 5.01 Å². The minimum absolute atomic E-state index is 0.191. The topological polar surface area (TPSA) is 59.0 Å². The zero-order valence-corrected chi connectivity index (χ0v) is 10.5. The molecule has 5 heteroatoms. The van der Waals surface area contributed by atoms with Crippen molar-refractivity contribution in [3.63, 3.8) is 0 Å². The van der Waals surface area contributed by atoms with Crippen molar-refractivity contribution in [3.05, 3.63) is 35.2 Å². The van der Waals surface area contributed by atoms with E-state index in [-0.39, 0.29) is 5.97 Å². The van der Waals surface area contributed by atoms with Crippen LogP contribution in [0.5, 0.6) is 0 Å². The Balaban J connectivity index is 2.25. The van der Waals surface area contributed by atoms with Crippen molar-refractivity contribution in [2.24, 2.45) is 5.29 Å². The number of para-hydroxylation sites is 1. The third kappa shape index (κ3) is 4.95. The highest BCUT2D eigenvalue weighted by Gasteiger charge is 2.05. The van der Waals surface area contributed by atoms with E-state index >= 15 is 0 Å². The summed E-state index contributed by atoms with van der Waals surface area (Å²) in [4.78, 5) is 21.6. The maximum atomic E-state index is 10.9. The summed E-state index contributed by atoms with van der Waals surface area (Å²) in [6, 6.07) is 9.31. The summed E-state index contributed by atoms with van der Waals surface area (Å²) in [5.74, 6) is -0.191. The van der Waals surface area contributed by atoms with Gasteiger partial charge in [0.25, 0.3) is 0 Å². The molecular formula is C13H18N2O3. The standard InChI is InChI=1S/C13H18N2O3/c1-18-13(16)10-6-3-7-11-15(14-17)12-8-4-2-5-9-12/h2,4-5,8-9H,3,6-7,10-11H2,1H3. The van der Waals surface area contributed by atoms with E-state index in [0.29, 0.717) is 13.0 Å². The molecule has 0 N–H and O–H groups in total. The maximum absolute atomic E-state index is 10.9. The second-order valence-electron chi connectivity index (χ2n) is 3.93. The predicted molar refractivity (Wildman–Crippen MR) is 70.1 cm³/mol. The van der Waals surface area contributed by atoms with Crippen molar-refractivity contribution in [2.75, 3.05) is 18.7 Å². The summed E-state index contributed by atoms with van der Waals surface area (Å²) in [5, 5.41) is 4.43. The van der Waals surface area contributed by atoms with Gasteiger partial charge in [0.2, 0.25) is 0 Å². The van der Waals surface area contributed by atoms with Gasteiger partial charge in [-0.1, -0.05) is 24.6 Å². The van der Waals surface area contributed by atoms with E-state index in [0.717, 1.165) is 24.9 Å². The molecule has 1 aromatic rings. The molecule has 0 fully saturated rings. The van der Waals surface area contributed by atoms with Gasteiger partial charge < -0.3 is 4.74 Å². The molecule has 0 aromatic heterocycles. The molecular weight excluding hydrogens is 232 g/mol. The van der Waals surface area contributed by atoms with Crippen LogP contribution in [0.15, 0.2) is 35.6 Å². The summed E-state index contributed by atoms with van der Waals surface area (Å²) in [6.45, 7) is 0.564. The normalized spacial score (nSPS) is 9.83. The van der Waals surface area contributed by atoms with E-state index in [1.165, 1.54) is 12.1 Å². The Morgan fingerprint density at radius 1 is 1.22 bits per heavy atom. The average Bonchev–Trinajstić information content (AvgIpc) is 2.43. The second-order valence-corrected chi connectivity index (χ2v) is 3.93. The number of ether oxygens (including phenoxy) is 1. The highest BCUT2D eigenvalue weighted by atomic mass is 16.5. The largest absolute Gasteiger partial charge is 0.469 e. The Morgan fingerprint density at radius 2 is 1.94 bits per heavy atom. The second kappa shape index (κ2) is 8.22. The SMILES string of the molecule is COC(=O)CCCCCN(N=O)c1ccccc1. The minimum Gasteiger partial charge on any atom is -0.469 e. The lowest BCUT2D eigenvalue weighted by Crippen LogP contribution is -2.16. The van der Waals surface area contributed by atoms with Gasteiger partial charge in [-0.15, -0.1) is 4.91 Å². The summed E-state index contributed by atoms with van der Waals surface area (Å²) in [7, 11) is 1.38. The van der Waals surface area contributed by atoms with Crippen LogP contribution in [0.3, 0.4) is 0 Å². The number of anilines is 1. The van der Waals surface area contributed by atoms with Gasteiger partial charge in [-0.3, -0.25) is 4.79 Å². The van der Waals surface area contributed by atoms with Crippen molar-refractivity contribution in [1.29, 1.82) is 0 Å². The molecule has 0 saturated heterocycles.